The summed E-state index contributed by atoms with van der Waals surface area (Å²) >= 11 is 0. The van der Waals surface area contributed by atoms with E-state index in [0.717, 1.165) is 38.8 Å². The molecule has 0 heterocycles. The maximum atomic E-state index is 4.99. The van der Waals surface area contributed by atoms with Gasteiger partial charge in [0.25, 0.3) is 0 Å². The quantitative estimate of drug-likeness (QED) is 0.240. The van der Waals surface area contributed by atoms with E-state index in [2.05, 4.69) is 24.5 Å². The zero-order valence-electron chi connectivity index (χ0n) is 11.6. The van der Waals surface area contributed by atoms with Gasteiger partial charge >= 0.3 is 0 Å². The van der Waals surface area contributed by atoms with Gasteiger partial charge in [-0.05, 0) is 39.8 Å². The molecule has 0 fully saturated rings. The Morgan fingerprint density at radius 2 is 1.24 bits per heavy atom. The minimum atomic E-state index is -0.163. The van der Waals surface area contributed by atoms with Crippen molar-refractivity contribution in [3.63, 3.8) is 0 Å². The third-order valence-corrected chi connectivity index (χ3v) is 2.29. The summed E-state index contributed by atoms with van der Waals surface area (Å²) in [7, 11) is 0. The Kier molecular flexibility index (Phi) is 12.1. The van der Waals surface area contributed by atoms with Crippen molar-refractivity contribution < 1.29 is 14.8 Å². The van der Waals surface area contributed by atoms with Gasteiger partial charge in [0.2, 0.25) is 0 Å². The number of rotatable bonds is 12. The monoisotopic (exact) mass is 248 g/mol. The fraction of sp³-hybridized carbons (Fsp3) is 1.00. The lowest BCUT2D eigenvalue weighted by atomic mass is 10.3. The molecule has 104 valence electrons. The summed E-state index contributed by atoms with van der Waals surface area (Å²) in [6.45, 7) is 9.91. The third kappa shape index (κ3) is 12.1. The summed E-state index contributed by atoms with van der Waals surface area (Å²) in [5, 5.41) is 11.0. The van der Waals surface area contributed by atoms with E-state index in [9.17, 15) is 0 Å². The molecule has 2 N–H and O–H groups in total. The molecule has 0 aliphatic rings. The van der Waals surface area contributed by atoms with Crippen LogP contribution in [0.1, 0.15) is 53.4 Å². The van der Waals surface area contributed by atoms with Gasteiger partial charge in [0.1, 0.15) is 12.5 Å². The Hall–Kier alpha value is -0.200. The van der Waals surface area contributed by atoms with E-state index in [1.165, 1.54) is 0 Å². The maximum Gasteiger partial charge on any atom is 0.144 e. The van der Waals surface area contributed by atoms with E-state index in [1.54, 1.807) is 0 Å². The molecule has 0 amide bonds. The fourth-order valence-corrected chi connectivity index (χ4v) is 1.17. The van der Waals surface area contributed by atoms with Gasteiger partial charge in [-0.1, -0.05) is 31.7 Å². The highest BCUT2D eigenvalue weighted by molar-refractivity contribution is 4.47. The van der Waals surface area contributed by atoms with Crippen molar-refractivity contribution in [2.75, 3.05) is 13.1 Å². The summed E-state index contributed by atoms with van der Waals surface area (Å²) < 4.78 is 0. The van der Waals surface area contributed by atoms with Crippen LogP contribution in [0.4, 0.5) is 0 Å². The van der Waals surface area contributed by atoms with Crippen molar-refractivity contribution in [1.82, 2.24) is 10.6 Å². The Balaban J connectivity index is 3.29. The molecule has 0 rings (SSSR count). The fourth-order valence-electron chi connectivity index (χ4n) is 1.17. The lowest BCUT2D eigenvalue weighted by molar-refractivity contribution is -0.540. The minimum Gasteiger partial charge on any atom is -0.290 e. The Morgan fingerprint density at radius 3 is 1.59 bits per heavy atom. The molecule has 0 aromatic heterocycles. The Morgan fingerprint density at radius 1 is 0.824 bits per heavy atom. The smallest absolute Gasteiger partial charge is 0.144 e. The van der Waals surface area contributed by atoms with Crippen molar-refractivity contribution in [2.24, 2.45) is 0 Å². The van der Waals surface area contributed by atoms with E-state index in [4.69, 9.17) is 14.8 Å². The number of hydrogen-bond acceptors (Lipinski definition) is 5. The molecule has 0 spiro atoms. The number of nitrogens with one attached hydrogen (secondary N) is 2. The Bertz CT molecular complexity index is 143. The van der Waals surface area contributed by atoms with Crippen molar-refractivity contribution >= 4 is 0 Å². The molecule has 0 aromatic rings. The zero-order valence-corrected chi connectivity index (χ0v) is 11.6. The van der Waals surface area contributed by atoms with Gasteiger partial charge in [-0.3, -0.25) is 10.6 Å². The van der Waals surface area contributed by atoms with Crippen LogP contribution in [-0.2, 0) is 14.8 Å². The largest absolute Gasteiger partial charge is 0.290 e. The molecule has 0 saturated carbocycles. The second-order valence-electron chi connectivity index (χ2n) is 4.16. The van der Waals surface area contributed by atoms with E-state index in [0.29, 0.717) is 0 Å². The average molecular weight is 248 g/mol. The first-order valence-electron chi connectivity index (χ1n) is 6.66. The topological polar surface area (TPSA) is 51.8 Å². The predicted molar refractivity (Wildman–Crippen MR) is 68.0 cm³/mol. The van der Waals surface area contributed by atoms with Crippen LogP contribution in [0.5, 0.6) is 0 Å². The maximum absolute atomic E-state index is 4.99. The SMILES string of the molecule is CCCCNC(C)OOOC(C)NCCCC. The van der Waals surface area contributed by atoms with Crippen LogP contribution < -0.4 is 10.6 Å². The lowest BCUT2D eigenvalue weighted by Crippen LogP contribution is -2.33. The van der Waals surface area contributed by atoms with Crippen LogP contribution in [0.2, 0.25) is 0 Å². The van der Waals surface area contributed by atoms with Gasteiger partial charge in [-0.25, -0.2) is 0 Å². The molecule has 0 aliphatic heterocycles. The summed E-state index contributed by atoms with van der Waals surface area (Å²) in [4.78, 5) is 9.98. The van der Waals surface area contributed by atoms with Crippen molar-refractivity contribution in [1.29, 1.82) is 0 Å². The first-order valence-corrected chi connectivity index (χ1v) is 6.66. The van der Waals surface area contributed by atoms with Gasteiger partial charge in [0.15, 0.2) is 0 Å². The van der Waals surface area contributed by atoms with Gasteiger partial charge in [-0.15, -0.1) is 0 Å². The number of unbranched alkanes of at least 4 members (excludes halogenated alkanes) is 2. The molecular formula is C12H28N2O3. The van der Waals surface area contributed by atoms with Crippen LogP contribution in [-0.4, -0.2) is 25.5 Å². The van der Waals surface area contributed by atoms with E-state index >= 15 is 0 Å². The highest BCUT2D eigenvalue weighted by Crippen LogP contribution is 1.94. The molecule has 5 nitrogen and oxygen atoms in total. The van der Waals surface area contributed by atoms with Crippen LogP contribution >= 0.6 is 0 Å². The van der Waals surface area contributed by atoms with Crippen LogP contribution in [0.15, 0.2) is 0 Å². The summed E-state index contributed by atoms with van der Waals surface area (Å²) in [5.74, 6) is 0. The average Bonchev–Trinajstić information content (AvgIpc) is 2.30. The Labute approximate surface area is 105 Å². The second-order valence-corrected chi connectivity index (χ2v) is 4.16. The zero-order chi connectivity index (χ0) is 12.9. The highest BCUT2D eigenvalue weighted by Gasteiger charge is 2.05. The van der Waals surface area contributed by atoms with Crippen LogP contribution in [0.25, 0.3) is 0 Å². The van der Waals surface area contributed by atoms with Crippen molar-refractivity contribution in [2.45, 2.75) is 65.8 Å². The molecule has 2 unspecified atom stereocenters. The van der Waals surface area contributed by atoms with Gasteiger partial charge in [-0.2, -0.15) is 9.78 Å². The van der Waals surface area contributed by atoms with Crippen molar-refractivity contribution in [3.8, 4) is 0 Å². The van der Waals surface area contributed by atoms with Crippen molar-refractivity contribution in [3.05, 3.63) is 0 Å². The van der Waals surface area contributed by atoms with Crippen LogP contribution in [0.3, 0.4) is 0 Å². The van der Waals surface area contributed by atoms with Crippen LogP contribution in [0, 0.1) is 0 Å². The standard InChI is InChI=1S/C12H28N2O3/c1-5-7-9-13-11(3)15-17-16-12(4)14-10-8-6-2/h11-14H,5-10H2,1-4H3. The summed E-state index contributed by atoms with van der Waals surface area (Å²) in [6, 6.07) is 0. The molecule has 0 aromatic carbocycles. The summed E-state index contributed by atoms with van der Waals surface area (Å²) in [6.07, 6.45) is 4.26. The number of hydrogen-bond donors (Lipinski definition) is 2. The minimum absolute atomic E-state index is 0.163. The van der Waals surface area contributed by atoms with Gasteiger partial charge in [0.05, 0.1) is 0 Å². The predicted octanol–water partition coefficient (Wildman–Crippen LogP) is 2.34. The molecule has 5 heteroatoms. The highest BCUT2D eigenvalue weighted by atomic mass is 17.5. The molecule has 2 atom stereocenters. The molecular weight excluding hydrogens is 220 g/mol. The van der Waals surface area contributed by atoms with E-state index in [-0.39, 0.29) is 12.5 Å². The van der Waals surface area contributed by atoms with Gasteiger partial charge < -0.3 is 0 Å². The lowest BCUT2D eigenvalue weighted by Gasteiger charge is -2.15. The molecule has 0 saturated heterocycles. The van der Waals surface area contributed by atoms with E-state index in [1.807, 2.05) is 13.8 Å². The first-order chi connectivity index (χ1) is 8.20. The summed E-state index contributed by atoms with van der Waals surface area (Å²) in [5.41, 5.74) is 0. The molecule has 17 heavy (non-hydrogen) atoms. The molecule has 0 radical (unpaired) electrons. The first kappa shape index (κ1) is 16.8. The molecule has 0 aliphatic carbocycles. The normalized spacial score (nSPS) is 14.8. The van der Waals surface area contributed by atoms with Gasteiger partial charge in [0, 0.05) is 0 Å². The third-order valence-electron chi connectivity index (χ3n) is 2.29. The second kappa shape index (κ2) is 12.3. The van der Waals surface area contributed by atoms with E-state index < -0.39 is 0 Å². The molecule has 0 bridgehead atoms.